The lowest BCUT2D eigenvalue weighted by atomic mass is 10.6. The normalized spacial score (nSPS) is 10.9. The van der Waals surface area contributed by atoms with Gasteiger partial charge in [-0.1, -0.05) is 0 Å². The van der Waals surface area contributed by atoms with Gasteiger partial charge in [0.05, 0.1) is 12.8 Å². The second-order valence-corrected chi connectivity index (χ2v) is 4.32. The van der Waals surface area contributed by atoms with E-state index in [1.165, 1.54) is 0 Å². The molecule has 74 valence electrons. The lowest BCUT2D eigenvalue weighted by molar-refractivity contribution is 0.399. The topological polar surface area (TPSA) is 39.4 Å². The molecule has 0 spiro atoms. The number of ether oxygens (including phenoxy) is 1. The second-order valence-electron chi connectivity index (χ2n) is 2.75. The maximum atomic E-state index is 5.13. The third kappa shape index (κ3) is 1.42. The Hall–Kier alpha value is -0.620. The first-order chi connectivity index (χ1) is 6.63. The third-order valence-corrected chi connectivity index (χ3v) is 3.18. The molecule has 0 N–H and O–H groups in total. The molecular weight excluding hydrogens is 314 g/mol. The molecule has 0 saturated carbocycles. The minimum Gasteiger partial charge on any atom is -0.478 e. The van der Waals surface area contributed by atoms with Gasteiger partial charge in [0, 0.05) is 6.20 Å². The van der Waals surface area contributed by atoms with E-state index in [0.717, 1.165) is 10.3 Å². The van der Waals surface area contributed by atoms with Crippen LogP contribution in [0.3, 0.4) is 0 Å². The van der Waals surface area contributed by atoms with Crippen molar-refractivity contribution >= 4 is 37.5 Å². The minimum atomic E-state index is 0.508. The Morgan fingerprint density at radius 2 is 2.07 bits per heavy atom. The summed E-state index contributed by atoms with van der Waals surface area (Å²) in [5, 5.41) is 0. The van der Waals surface area contributed by atoms with Gasteiger partial charge in [0.25, 0.3) is 5.88 Å². The molecule has 4 nitrogen and oxygen atoms in total. The highest BCUT2D eigenvalue weighted by Crippen LogP contribution is 2.25. The van der Waals surface area contributed by atoms with Crippen molar-refractivity contribution in [3.8, 4) is 5.88 Å². The maximum absolute atomic E-state index is 5.13. The van der Waals surface area contributed by atoms with Crippen LogP contribution in [0.25, 0.3) is 5.65 Å². The molecule has 2 aromatic heterocycles. The number of nitrogens with zero attached hydrogens (tertiary/aromatic N) is 3. The highest BCUT2D eigenvalue weighted by molar-refractivity contribution is 9.10. The highest BCUT2D eigenvalue weighted by atomic mass is 79.9. The van der Waals surface area contributed by atoms with Gasteiger partial charge in [-0.2, -0.15) is 0 Å². The number of halogens is 2. The fourth-order valence-corrected chi connectivity index (χ4v) is 1.94. The first-order valence-electron chi connectivity index (χ1n) is 3.88. The zero-order valence-electron chi connectivity index (χ0n) is 7.58. The Morgan fingerprint density at radius 1 is 1.36 bits per heavy atom. The Bertz CT molecular complexity index is 495. The summed E-state index contributed by atoms with van der Waals surface area (Å²) >= 11 is 6.75. The van der Waals surface area contributed by atoms with E-state index in [9.17, 15) is 0 Å². The van der Waals surface area contributed by atoms with E-state index in [0.29, 0.717) is 16.1 Å². The summed E-state index contributed by atoms with van der Waals surface area (Å²) in [7, 11) is 1.58. The zero-order valence-corrected chi connectivity index (χ0v) is 10.8. The first-order valence-corrected chi connectivity index (χ1v) is 5.46. The van der Waals surface area contributed by atoms with E-state index in [1.54, 1.807) is 7.11 Å². The fourth-order valence-electron chi connectivity index (χ4n) is 1.21. The Labute approximate surface area is 97.6 Å². The number of fused-ring (bicyclic) bond motifs is 1. The molecule has 6 heteroatoms. The molecule has 0 aliphatic rings. The van der Waals surface area contributed by atoms with Crippen LogP contribution in [0.2, 0.25) is 0 Å². The van der Waals surface area contributed by atoms with E-state index in [2.05, 4.69) is 41.8 Å². The summed E-state index contributed by atoms with van der Waals surface area (Å²) in [4.78, 5) is 8.50. The Morgan fingerprint density at radius 3 is 2.71 bits per heavy atom. The number of methoxy groups -OCH3 is 1. The largest absolute Gasteiger partial charge is 0.478 e. The van der Waals surface area contributed by atoms with Crippen LogP contribution in [-0.2, 0) is 0 Å². The molecule has 0 fully saturated rings. The molecule has 14 heavy (non-hydrogen) atoms. The van der Waals surface area contributed by atoms with Crippen LogP contribution >= 0.6 is 31.9 Å². The highest BCUT2D eigenvalue weighted by Gasteiger charge is 2.12. The van der Waals surface area contributed by atoms with Gasteiger partial charge in [0.1, 0.15) is 9.21 Å². The van der Waals surface area contributed by atoms with Crippen LogP contribution < -0.4 is 4.74 Å². The van der Waals surface area contributed by atoms with Gasteiger partial charge in [-0.05, 0) is 38.8 Å². The zero-order chi connectivity index (χ0) is 10.3. The molecule has 0 amide bonds. The summed E-state index contributed by atoms with van der Waals surface area (Å²) in [6.45, 7) is 1.92. The molecular formula is C8H7Br2N3O. The van der Waals surface area contributed by atoms with E-state index in [4.69, 9.17) is 4.74 Å². The second kappa shape index (κ2) is 3.51. The molecule has 0 aliphatic heterocycles. The molecule has 0 unspecified atom stereocenters. The number of imidazole rings is 1. The average molecular weight is 321 g/mol. The van der Waals surface area contributed by atoms with Gasteiger partial charge in [-0.3, -0.25) is 4.40 Å². The van der Waals surface area contributed by atoms with Crippen molar-refractivity contribution in [2.24, 2.45) is 0 Å². The van der Waals surface area contributed by atoms with Crippen LogP contribution in [0.1, 0.15) is 5.69 Å². The number of aromatic nitrogens is 3. The van der Waals surface area contributed by atoms with Crippen molar-refractivity contribution in [3.63, 3.8) is 0 Å². The van der Waals surface area contributed by atoms with Crippen LogP contribution in [-0.4, -0.2) is 21.5 Å². The molecule has 0 saturated heterocycles. The van der Waals surface area contributed by atoms with Crippen LogP contribution in [0.4, 0.5) is 0 Å². The minimum absolute atomic E-state index is 0.508. The van der Waals surface area contributed by atoms with Gasteiger partial charge in [0.15, 0.2) is 0 Å². The number of hydrogen-bond donors (Lipinski definition) is 0. The van der Waals surface area contributed by atoms with E-state index >= 15 is 0 Å². The maximum Gasteiger partial charge on any atom is 0.259 e. The van der Waals surface area contributed by atoms with Crippen LogP contribution in [0, 0.1) is 6.92 Å². The molecule has 0 aliphatic carbocycles. The number of rotatable bonds is 1. The summed E-state index contributed by atoms with van der Waals surface area (Å²) < 4.78 is 8.63. The van der Waals surface area contributed by atoms with E-state index in [1.807, 2.05) is 17.5 Å². The van der Waals surface area contributed by atoms with Crippen molar-refractivity contribution < 1.29 is 4.74 Å². The predicted octanol–water partition coefficient (Wildman–Crippen LogP) is 2.57. The van der Waals surface area contributed by atoms with Crippen molar-refractivity contribution in [1.82, 2.24) is 14.4 Å². The molecule has 2 heterocycles. The summed E-state index contributed by atoms with van der Waals surface area (Å²) in [6, 6.07) is 0. The number of aryl methyl sites for hydroxylation is 1. The smallest absolute Gasteiger partial charge is 0.259 e. The van der Waals surface area contributed by atoms with Crippen LogP contribution in [0.15, 0.2) is 15.4 Å². The third-order valence-electron chi connectivity index (χ3n) is 1.84. The summed E-state index contributed by atoms with van der Waals surface area (Å²) in [6.07, 6.45) is 1.84. The molecule has 2 rings (SSSR count). The standard InChI is InChI=1S/C8H7Br2N3O/c1-4-6(10)13-3-5(9)12-8(14-2)7(13)11-4/h3H,1-2H3. The van der Waals surface area contributed by atoms with Gasteiger partial charge in [0.2, 0.25) is 5.65 Å². The molecule has 0 radical (unpaired) electrons. The quantitative estimate of drug-likeness (QED) is 0.810. The van der Waals surface area contributed by atoms with E-state index < -0.39 is 0 Å². The lowest BCUT2D eigenvalue weighted by Gasteiger charge is -2.01. The van der Waals surface area contributed by atoms with Gasteiger partial charge in [-0.25, -0.2) is 9.97 Å². The van der Waals surface area contributed by atoms with Gasteiger partial charge >= 0.3 is 0 Å². The monoisotopic (exact) mass is 319 g/mol. The predicted molar refractivity (Wildman–Crippen MR) is 59.7 cm³/mol. The molecule has 0 aromatic carbocycles. The van der Waals surface area contributed by atoms with Gasteiger partial charge < -0.3 is 4.74 Å². The SMILES string of the molecule is COc1nc(Br)cn2c(Br)c(C)nc12. The first kappa shape index (κ1) is 9.92. The number of hydrogen-bond acceptors (Lipinski definition) is 3. The Kier molecular flexibility index (Phi) is 2.48. The van der Waals surface area contributed by atoms with Crippen molar-refractivity contribution in [1.29, 1.82) is 0 Å². The van der Waals surface area contributed by atoms with E-state index in [-0.39, 0.29) is 0 Å². The van der Waals surface area contributed by atoms with Gasteiger partial charge in [-0.15, -0.1) is 0 Å². The molecule has 2 aromatic rings. The summed E-state index contributed by atoms with van der Waals surface area (Å²) in [5.41, 5.74) is 1.61. The van der Waals surface area contributed by atoms with Crippen molar-refractivity contribution in [3.05, 3.63) is 21.1 Å². The fraction of sp³-hybridized carbons (Fsp3) is 0.250. The summed E-state index contributed by atoms with van der Waals surface area (Å²) in [5.74, 6) is 0.508. The Balaban J connectivity index is 2.87. The van der Waals surface area contributed by atoms with Crippen molar-refractivity contribution in [2.75, 3.05) is 7.11 Å². The molecule has 0 bridgehead atoms. The average Bonchev–Trinajstić information content (AvgIpc) is 2.43. The molecule has 0 atom stereocenters. The van der Waals surface area contributed by atoms with Crippen molar-refractivity contribution in [2.45, 2.75) is 6.92 Å². The lowest BCUT2D eigenvalue weighted by Crippen LogP contribution is -1.94. The van der Waals surface area contributed by atoms with Crippen LogP contribution in [0.5, 0.6) is 5.88 Å².